The third-order valence-corrected chi connectivity index (χ3v) is 5.92. The normalized spacial score (nSPS) is 19.4. The molecule has 1 saturated carbocycles. The van der Waals surface area contributed by atoms with Gasteiger partial charge in [0.15, 0.2) is 0 Å². The summed E-state index contributed by atoms with van der Waals surface area (Å²) in [6.07, 6.45) is 5.53. The number of rotatable bonds is 6. The van der Waals surface area contributed by atoms with Gasteiger partial charge in [0.25, 0.3) is 0 Å². The van der Waals surface area contributed by atoms with E-state index in [1.165, 1.54) is 6.42 Å². The number of ether oxygens (including phenoxy) is 1. The van der Waals surface area contributed by atoms with Crippen LogP contribution in [-0.2, 0) is 4.79 Å². The van der Waals surface area contributed by atoms with Gasteiger partial charge in [-0.05, 0) is 38.8 Å². The topological polar surface area (TPSA) is 73.9 Å². The fourth-order valence-corrected chi connectivity index (χ4v) is 4.20. The van der Waals surface area contributed by atoms with E-state index in [4.69, 9.17) is 4.74 Å². The summed E-state index contributed by atoms with van der Waals surface area (Å²) in [7, 11) is 0. The number of anilines is 1. The van der Waals surface area contributed by atoms with Gasteiger partial charge in [-0.15, -0.1) is 0 Å². The molecule has 160 valence electrons. The van der Waals surface area contributed by atoms with Gasteiger partial charge in [-0.2, -0.15) is 0 Å². The van der Waals surface area contributed by atoms with Crippen LogP contribution < -0.4 is 20.3 Å². The van der Waals surface area contributed by atoms with Crippen LogP contribution >= 0.6 is 0 Å². The molecule has 0 spiro atoms. The number of nitrogens with zero attached hydrogens (tertiary/aromatic N) is 2. The van der Waals surface area contributed by atoms with Gasteiger partial charge in [-0.25, -0.2) is 4.79 Å². The largest absolute Gasteiger partial charge is 0.492 e. The Hall–Kier alpha value is -2.28. The molecule has 1 aromatic carbocycles. The molecular formula is C22H34N4O3. The molecule has 2 N–H and O–H groups in total. The zero-order valence-electron chi connectivity index (χ0n) is 17.7. The molecule has 1 saturated heterocycles. The Morgan fingerprint density at radius 1 is 1.10 bits per heavy atom. The van der Waals surface area contributed by atoms with Gasteiger partial charge >= 0.3 is 6.03 Å². The van der Waals surface area contributed by atoms with E-state index >= 15 is 0 Å². The molecular weight excluding hydrogens is 368 g/mol. The lowest BCUT2D eigenvalue weighted by atomic mass is 9.96. The summed E-state index contributed by atoms with van der Waals surface area (Å²) >= 11 is 0. The highest BCUT2D eigenvalue weighted by atomic mass is 16.5. The van der Waals surface area contributed by atoms with Gasteiger partial charge in [-0.3, -0.25) is 15.0 Å². The molecule has 0 radical (unpaired) electrons. The number of urea groups is 1. The third-order valence-electron chi connectivity index (χ3n) is 5.92. The molecule has 3 amide bonds. The molecule has 7 heteroatoms. The van der Waals surface area contributed by atoms with Crippen molar-refractivity contribution < 1.29 is 14.3 Å². The van der Waals surface area contributed by atoms with Gasteiger partial charge in [0.05, 0.1) is 18.3 Å². The second kappa shape index (κ2) is 10.5. The number of carbonyl (C=O) groups is 2. The van der Waals surface area contributed by atoms with Crippen LogP contribution in [0.15, 0.2) is 24.3 Å². The van der Waals surface area contributed by atoms with Crippen LogP contribution in [0.25, 0.3) is 0 Å². The monoisotopic (exact) mass is 402 g/mol. The Kier molecular flexibility index (Phi) is 7.75. The maximum atomic E-state index is 12.5. The summed E-state index contributed by atoms with van der Waals surface area (Å²) in [6, 6.07) is 7.56. The van der Waals surface area contributed by atoms with Crippen molar-refractivity contribution in [3.05, 3.63) is 24.3 Å². The van der Waals surface area contributed by atoms with Crippen LogP contribution in [0.3, 0.4) is 0 Å². The first kappa shape index (κ1) is 21.4. The van der Waals surface area contributed by atoms with E-state index in [9.17, 15) is 9.59 Å². The average molecular weight is 403 g/mol. The Labute approximate surface area is 173 Å². The molecule has 1 aromatic rings. The summed E-state index contributed by atoms with van der Waals surface area (Å²) in [4.78, 5) is 29.1. The molecule has 1 atom stereocenters. The zero-order chi connectivity index (χ0) is 20.6. The SMILES string of the molecule is CCOc1ccccc1N1CCN(C(C)C(=O)NC(=O)NC2CCCCC2)CC1. The first-order valence-electron chi connectivity index (χ1n) is 10.9. The molecule has 0 bridgehead atoms. The summed E-state index contributed by atoms with van der Waals surface area (Å²) < 4.78 is 5.74. The number of hydrogen-bond acceptors (Lipinski definition) is 5. The smallest absolute Gasteiger partial charge is 0.321 e. The number of hydrogen-bond donors (Lipinski definition) is 2. The standard InChI is InChI=1S/C22H34N4O3/c1-3-29-20-12-8-7-11-19(20)26-15-13-25(14-16-26)17(2)21(27)24-22(28)23-18-9-5-4-6-10-18/h7-8,11-12,17-18H,3-6,9-10,13-16H2,1-2H3,(H2,23,24,27,28). The van der Waals surface area contributed by atoms with E-state index < -0.39 is 0 Å². The molecule has 1 aliphatic heterocycles. The minimum absolute atomic E-state index is 0.195. The van der Waals surface area contributed by atoms with Crippen LogP contribution in [0.2, 0.25) is 0 Å². The number of carbonyl (C=O) groups excluding carboxylic acids is 2. The summed E-state index contributed by atoms with van der Waals surface area (Å²) in [6.45, 7) is 7.65. The number of amides is 3. The van der Waals surface area contributed by atoms with E-state index in [1.807, 2.05) is 32.0 Å². The van der Waals surface area contributed by atoms with E-state index in [0.717, 1.165) is 63.3 Å². The van der Waals surface area contributed by atoms with E-state index in [0.29, 0.717) is 6.61 Å². The Balaban J connectivity index is 1.47. The second-order valence-corrected chi connectivity index (χ2v) is 7.90. The second-order valence-electron chi connectivity index (χ2n) is 7.90. The zero-order valence-corrected chi connectivity index (χ0v) is 17.7. The maximum absolute atomic E-state index is 12.5. The highest BCUT2D eigenvalue weighted by molar-refractivity contribution is 5.96. The van der Waals surface area contributed by atoms with Gasteiger partial charge in [-0.1, -0.05) is 31.4 Å². The maximum Gasteiger partial charge on any atom is 0.321 e. The predicted molar refractivity (Wildman–Crippen MR) is 114 cm³/mol. The van der Waals surface area contributed by atoms with E-state index in [2.05, 4.69) is 26.5 Å². The molecule has 1 aliphatic carbocycles. The highest BCUT2D eigenvalue weighted by Gasteiger charge is 2.28. The number of piperazine rings is 1. The quantitative estimate of drug-likeness (QED) is 0.765. The molecule has 2 aliphatic rings. The van der Waals surface area contributed by atoms with Crippen molar-refractivity contribution in [3.63, 3.8) is 0 Å². The van der Waals surface area contributed by atoms with Gasteiger partial charge in [0.2, 0.25) is 5.91 Å². The first-order valence-corrected chi connectivity index (χ1v) is 10.9. The molecule has 0 aromatic heterocycles. The van der Waals surface area contributed by atoms with Crippen LogP contribution in [0.1, 0.15) is 46.0 Å². The lowest BCUT2D eigenvalue weighted by Gasteiger charge is -2.38. The summed E-state index contributed by atoms with van der Waals surface area (Å²) in [5.74, 6) is 0.662. The highest BCUT2D eigenvalue weighted by Crippen LogP contribution is 2.29. The van der Waals surface area contributed by atoms with Crippen molar-refractivity contribution in [1.29, 1.82) is 0 Å². The van der Waals surface area contributed by atoms with Crippen molar-refractivity contribution in [3.8, 4) is 5.75 Å². The van der Waals surface area contributed by atoms with E-state index in [-0.39, 0.29) is 24.0 Å². The summed E-state index contributed by atoms with van der Waals surface area (Å²) in [5.41, 5.74) is 1.10. The number of benzene rings is 1. The van der Waals surface area contributed by atoms with Gasteiger partial charge in [0, 0.05) is 32.2 Å². The Bertz CT molecular complexity index is 682. The van der Waals surface area contributed by atoms with Crippen molar-refractivity contribution in [2.75, 3.05) is 37.7 Å². The van der Waals surface area contributed by atoms with Gasteiger partial charge < -0.3 is 15.0 Å². The average Bonchev–Trinajstić information content (AvgIpc) is 2.74. The molecule has 1 unspecified atom stereocenters. The Morgan fingerprint density at radius 3 is 2.48 bits per heavy atom. The van der Waals surface area contributed by atoms with Crippen LogP contribution in [-0.4, -0.2) is 61.7 Å². The summed E-state index contributed by atoms with van der Waals surface area (Å²) in [5, 5.41) is 5.47. The lowest BCUT2D eigenvalue weighted by molar-refractivity contribution is -0.124. The molecule has 7 nitrogen and oxygen atoms in total. The predicted octanol–water partition coefficient (Wildman–Crippen LogP) is 2.75. The first-order chi connectivity index (χ1) is 14.1. The minimum Gasteiger partial charge on any atom is -0.492 e. The number of imide groups is 1. The van der Waals surface area contributed by atoms with Crippen LogP contribution in [0, 0.1) is 0 Å². The lowest BCUT2D eigenvalue weighted by Crippen LogP contribution is -2.56. The van der Waals surface area contributed by atoms with Gasteiger partial charge in [0.1, 0.15) is 5.75 Å². The molecule has 29 heavy (non-hydrogen) atoms. The fourth-order valence-electron chi connectivity index (χ4n) is 4.20. The van der Waals surface area contributed by atoms with E-state index in [1.54, 1.807) is 0 Å². The number of para-hydroxylation sites is 2. The van der Waals surface area contributed by atoms with Crippen LogP contribution in [0.4, 0.5) is 10.5 Å². The fraction of sp³-hybridized carbons (Fsp3) is 0.636. The number of nitrogens with one attached hydrogen (secondary N) is 2. The minimum atomic E-state index is -0.363. The third kappa shape index (κ3) is 5.85. The van der Waals surface area contributed by atoms with Crippen molar-refractivity contribution >= 4 is 17.6 Å². The Morgan fingerprint density at radius 2 is 1.79 bits per heavy atom. The van der Waals surface area contributed by atoms with Crippen molar-refractivity contribution in [2.45, 2.75) is 58.0 Å². The van der Waals surface area contributed by atoms with Crippen molar-refractivity contribution in [2.24, 2.45) is 0 Å². The molecule has 1 heterocycles. The molecule has 3 rings (SSSR count). The molecule has 2 fully saturated rings. The van der Waals surface area contributed by atoms with Crippen LogP contribution in [0.5, 0.6) is 5.75 Å². The van der Waals surface area contributed by atoms with Crippen molar-refractivity contribution in [1.82, 2.24) is 15.5 Å².